The summed E-state index contributed by atoms with van der Waals surface area (Å²) < 4.78 is 0. The Bertz CT molecular complexity index is 331. The van der Waals surface area contributed by atoms with E-state index in [9.17, 15) is 9.90 Å². The first-order valence-corrected chi connectivity index (χ1v) is 4.25. The summed E-state index contributed by atoms with van der Waals surface area (Å²) in [5.41, 5.74) is 1.70. The summed E-state index contributed by atoms with van der Waals surface area (Å²) in [6, 6.07) is 1.80. The largest absolute Gasteiger partial charge is 0.481 e. The van der Waals surface area contributed by atoms with Crippen LogP contribution in [0, 0.1) is 5.92 Å². The normalized spacial score (nSPS) is 26.8. The number of hydrogen-bond acceptors (Lipinski definition) is 2. The average molecular weight is 181 g/mol. The zero-order chi connectivity index (χ0) is 9.42. The van der Waals surface area contributed by atoms with Crippen LogP contribution in [0.15, 0.2) is 12.3 Å². The number of aliphatic hydroxyl groups excluding tert-OH is 1. The second-order valence-electron chi connectivity index (χ2n) is 3.40. The fourth-order valence-electron chi connectivity index (χ4n) is 1.82. The number of hydrogen-bond donors (Lipinski definition) is 3. The van der Waals surface area contributed by atoms with Gasteiger partial charge in [0.05, 0.1) is 12.0 Å². The van der Waals surface area contributed by atoms with Crippen molar-refractivity contribution in [2.45, 2.75) is 18.9 Å². The second kappa shape index (κ2) is 2.88. The molecule has 3 N–H and O–H groups in total. The van der Waals surface area contributed by atoms with Crippen LogP contribution in [0.25, 0.3) is 0 Å². The molecule has 4 nitrogen and oxygen atoms in total. The lowest BCUT2D eigenvalue weighted by atomic mass is 9.86. The van der Waals surface area contributed by atoms with Gasteiger partial charge in [-0.05, 0) is 12.5 Å². The van der Waals surface area contributed by atoms with Crippen LogP contribution >= 0.6 is 0 Å². The van der Waals surface area contributed by atoms with Crippen LogP contribution in [0.1, 0.15) is 23.8 Å². The van der Waals surface area contributed by atoms with E-state index < -0.39 is 18.0 Å². The van der Waals surface area contributed by atoms with Gasteiger partial charge in [0.2, 0.25) is 0 Å². The fraction of sp³-hybridized carbons (Fsp3) is 0.444. The van der Waals surface area contributed by atoms with E-state index in [-0.39, 0.29) is 0 Å². The van der Waals surface area contributed by atoms with Gasteiger partial charge in [0, 0.05) is 23.9 Å². The van der Waals surface area contributed by atoms with E-state index in [1.54, 1.807) is 12.3 Å². The molecule has 13 heavy (non-hydrogen) atoms. The highest BCUT2D eigenvalue weighted by molar-refractivity contribution is 5.71. The Morgan fingerprint density at radius 1 is 1.62 bits per heavy atom. The Balaban J connectivity index is 2.28. The molecule has 0 aromatic carbocycles. The Morgan fingerprint density at radius 3 is 3.08 bits per heavy atom. The van der Waals surface area contributed by atoms with Crippen molar-refractivity contribution in [2.75, 3.05) is 0 Å². The Kier molecular flexibility index (Phi) is 1.84. The van der Waals surface area contributed by atoms with Crippen molar-refractivity contribution in [2.24, 2.45) is 5.92 Å². The minimum absolute atomic E-state index is 0.320. The number of H-pyrrole nitrogens is 1. The van der Waals surface area contributed by atoms with Crippen molar-refractivity contribution in [1.29, 1.82) is 0 Å². The van der Waals surface area contributed by atoms with E-state index in [1.165, 1.54) is 0 Å². The van der Waals surface area contributed by atoms with Crippen LogP contribution in [-0.2, 0) is 11.2 Å². The van der Waals surface area contributed by atoms with Crippen LogP contribution in [0.3, 0.4) is 0 Å². The van der Waals surface area contributed by atoms with Crippen LogP contribution in [0.4, 0.5) is 0 Å². The van der Waals surface area contributed by atoms with Crippen molar-refractivity contribution < 1.29 is 15.0 Å². The standard InChI is InChI=1S/C9H11NO3/c11-8-4-5(9(12)13)3-7-6(8)1-2-10-7/h1-2,5,8,10-11H,3-4H2,(H,12,13). The molecule has 1 aliphatic carbocycles. The van der Waals surface area contributed by atoms with Crippen molar-refractivity contribution in [3.63, 3.8) is 0 Å². The van der Waals surface area contributed by atoms with Crippen LogP contribution in [0.2, 0.25) is 0 Å². The van der Waals surface area contributed by atoms with Gasteiger partial charge in [0.15, 0.2) is 0 Å². The Hall–Kier alpha value is -1.29. The van der Waals surface area contributed by atoms with Crippen molar-refractivity contribution in [3.05, 3.63) is 23.5 Å². The number of carboxylic acids is 1. The van der Waals surface area contributed by atoms with E-state index in [0.717, 1.165) is 11.3 Å². The number of aliphatic carboxylic acids is 1. The minimum atomic E-state index is -0.834. The van der Waals surface area contributed by atoms with E-state index in [4.69, 9.17) is 5.11 Å². The molecule has 0 fully saturated rings. The Labute approximate surface area is 75.2 Å². The number of aromatic nitrogens is 1. The van der Waals surface area contributed by atoms with E-state index in [2.05, 4.69) is 4.98 Å². The zero-order valence-corrected chi connectivity index (χ0v) is 7.03. The molecule has 1 aliphatic rings. The van der Waals surface area contributed by atoms with Crippen molar-refractivity contribution in [1.82, 2.24) is 4.98 Å². The molecule has 1 heterocycles. The van der Waals surface area contributed by atoms with Crippen LogP contribution in [0.5, 0.6) is 0 Å². The third kappa shape index (κ3) is 1.33. The van der Waals surface area contributed by atoms with Crippen LogP contribution in [-0.4, -0.2) is 21.2 Å². The third-order valence-corrected chi connectivity index (χ3v) is 2.54. The average Bonchev–Trinajstić information content (AvgIpc) is 2.51. The predicted octanol–water partition coefficient (Wildman–Crippen LogP) is 0.695. The first-order chi connectivity index (χ1) is 6.18. The summed E-state index contributed by atoms with van der Waals surface area (Å²) in [6.45, 7) is 0. The minimum Gasteiger partial charge on any atom is -0.481 e. The van der Waals surface area contributed by atoms with E-state index in [0.29, 0.717) is 12.8 Å². The molecule has 2 rings (SSSR count). The molecule has 4 heteroatoms. The number of fused-ring (bicyclic) bond motifs is 1. The molecule has 0 saturated heterocycles. The van der Waals surface area contributed by atoms with Gasteiger partial charge in [-0.2, -0.15) is 0 Å². The van der Waals surface area contributed by atoms with E-state index in [1.807, 2.05) is 0 Å². The molecule has 70 valence electrons. The van der Waals surface area contributed by atoms with Crippen molar-refractivity contribution in [3.8, 4) is 0 Å². The molecule has 0 bridgehead atoms. The quantitative estimate of drug-likeness (QED) is 0.597. The van der Waals surface area contributed by atoms with E-state index >= 15 is 0 Å². The molecule has 0 aliphatic heterocycles. The highest BCUT2D eigenvalue weighted by Gasteiger charge is 2.30. The molecule has 0 spiro atoms. The van der Waals surface area contributed by atoms with Gasteiger partial charge in [-0.25, -0.2) is 0 Å². The summed E-state index contributed by atoms with van der Waals surface area (Å²) in [4.78, 5) is 13.7. The summed E-state index contributed by atoms with van der Waals surface area (Å²) in [7, 11) is 0. The number of nitrogens with one attached hydrogen (secondary N) is 1. The summed E-state index contributed by atoms with van der Waals surface area (Å²) in [6.07, 6.45) is 1.92. The smallest absolute Gasteiger partial charge is 0.306 e. The van der Waals surface area contributed by atoms with Gasteiger partial charge < -0.3 is 15.2 Å². The molecule has 1 aromatic rings. The van der Waals surface area contributed by atoms with Gasteiger partial charge in [-0.1, -0.05) is 0 Å². The molecule has 0 radical (unpaired) electrons. The Morgan fingerprint density at radius 2 is 2.38 bits per heavy atom. The zero-order valence-electron chi connectivity index (χ0n) is 7.03. The number of rotatable bonds is 1. The number of aliphatic hydroxyl groups is 1. The molecule has 2 unspecified atom stereocenters. The van der Waals surface area contributed by atoms with Gasteiger partial charge in [0.1, 0.15) is 0 Å². The second-order valence-corrected chi connectivity index (χ2v) is 3.40. The van der Waals surface area contributed by atoms with Crippen LogP contribution < -0.4 is 0 Å². The highest BCUT2D eigenvalue weighted by atomic mass is 16.4. The molecular weight excluding hydrogens is 170 g/mol. The lowest BCUT2D eigenvalue weighted by molar-refractivity contribution is -0.143. The first-order valence-electron chi connectivity index (χ1n) is 4.25. The molecule has 1 aromatic heterocycles. The third-order valence-electron chi connectivity index (χ3n) is 2.54. The summed E-state index contributed by atoms with van der Waals surface area (Å²) >= 11 is 0. The highest BCUT2D eigenvalue weighted by Crippen LogP contribution is 2.32. The monoisotopic (exact) mass is 181 g/mol. The van der Waals surface area contributed by atoms with Crippen molar-refractivity contribution >= 4 is 5.97 Å². The van der Waals surface area contributed by atoms with Gasteiger partial charge in [-0.15, -0.1) is 0 Å². The van der Waals surface area contributed by atoms with Gasteiger partial charge in [0.25, 0.3) is 0 Å². The SMILES string of the molecule is O=C(O)C1Cc2[nH]ccc2C(O)C1. The maximum Gasteiger partial charge on any atom is 0.306 e. The van der Waals surface area contributed by atoms with Gasteiger partial charge in [-0.3, -0.25) is 4.79 Å². The summed E-state index contributed by atoms with van der Waals surface area (Å²) in [5.74, 6) is -1.29. The maximum atomic E-state index is 10.7. The fourth-order valence-corrected chi connectivity index (χ4v) is 1.82. The number of carbonyl (C=O) groups is 1. The molecule has 2 atom stereocenters. The molecular formula is C9H11NO3. The lowest BCUT2D eigenvalue weighted by Crippen LogP contribution is -2.24. The number of carboxylic acid groups (broad SMARTS) is 1. The topological polar surface area (TPSA) is 73.3 Å². The maximum absolute atomic E-state index is 10.7. The number of aromatic amines is 1. The molecule has 0 saturated carbocycles. The predicted molar refractivity (Wildman–Crippen MR) is 45.2 cm³/mol. The first kappa shape index (κ1) is 8.31. The summed E-state index contributed by atoms with van der Waals surface area (Å²) in [5, 5.41) is 18.4. The van der Waals surface area contributed by atoms with Gasteiger partial charge >= 0.3 is 5.97 Å². The lowest BCUT2D eigenvalue weighted by Gasteiger charge is -2.23. The molecule has 0 amide bonds.